The summed E-state index contributed by atoms with van der Waals surface area (Å²) in [6.07, 6.45) is 8.00. The van der Waals surface area contributed by atoms with E-state index in [0.29, 0.717) is 6.04 Å². The van der Waals surface area contributed by atoms with Gasteiger partial charge in [-0.2, -0.15) is 0 Å². The van der Waals surface area contributed by atoms with Gasteiger partial charge in [0.05, 0.1) is 10.7 Å². The number of hydrogen-bond donors (Lipinski definition) is 1. The number of nitrogens with one attached hydrogen (secondary N) is 1. The van der Waals surface area contributed by atoms with Gasteiger partial charge in [-0.1, -0.05) is 19.8 Å². The van der Waals surface area contributed by atoms with Crippen molar-refractivity contribution in [2.75, 3.05) is 6.54 Å². The smallest absolute Gasteiger partial charge is 0.0897 e. The highest BCUT2D eigenvalue weighted by Crippen LogP contribution is 2.29. The van der Waals surface area contributed by atoms with E-state index >= 15 is 0 Å². The van der Waals surface area contributed by atoms with Crippen LogP contribution in [-0.2, 0) is 6.42 Å². The highest BCUT2D eigenvalue weighted by atomic mass is 32.1. The van der Waals surface area contributed by atoms with Crippen molar-refractivity contribution in [1.29, 1.82) is 0 Å². The lowest BCUT2D eigenvalue weighted by Crippen LogP contribution is -2.37. The van der Waals surface area contributed by atoms with E-state index in [-0.39, 0.29) is 0 Å². The molecule has 1 N–H and O–H groups in total. The largest absolute Gasteiger partial charge is 0.313 e. The molecule has 0 aliphatic heterocycles. The Morgan fingerprint density at radius 2 is 2.24 bits per heavy atom. The predicted molar refractivity (Wildman–Crippen MR) is 74.6 cm³/mol. The molecular formula is C14H24N2S. The second-order valence-corrected chi connectivity index (χ2v) is 6.23. The lowest BCUT2D eigenvalue weighted by molar-refractivity contribution is 0.355. The van der Waals surface area contributed by atoms with Crippen LogP contribution in [0.1, 0.15) is 49.7 Å². The second kappa shape index (κ2) is 6.50. The number of nitrogens with zero attached hydrogens (tertiary/aromatic N) is 1. The Labute approximate surface area is 109 Å². The Hall–Kier alpha value is -0.410. The summed E-state index contributed by atoms with van der Waals surface area (Å²) in [4.78, 5) is 4.61. The topological polar surface area (TPSA) is 24.9 Å². The zero-order chi connectivity index (χ0) is 12.1. The van der Waals surface area contributed by atoms with E-state index in [4.69, 9.17) is 0 Å². The van der Waals surface area contributed by atoms with Crippen LogP contribution in [0.15, 0.2) is 5.38 Å². The van der Waals surface area contributed by atoms with Crippen LogP contribution in [0.2, 0.25) is 0 Å². The van der Waals surface area contributed by atoms with Gasteiger partial charge in [0.1, 0.15) is 0 Å². The standard InChI is InChI=1S/C14H24N2S/c1-3-8-15-14(12-6-4-5-7-12)9-13-10-17-11(2)16-13/h10,12,14-15H,3-9H2,1-2H3. The number of aromatic nitrogens is 1. The Morgan fingerprint density at radius 1 is 1.47 bits per heavy atom. The highest BCUT2D eigenvalue weighted by molar-refractivity contribution is 7.09. The summed E-state index contributed by atoms with van der Waals surface area (Å²) < 4.78 is 0. The van der Waals surface area contributed by atoms with E-state index in [1.807, 2.05) is 0 Å². The van der Waals surface area contributed by atoms with Crippen LogP contribution in [0, 0.1) is 12.8 Å². The van der Waals surface area contributed by atoms with Crippen LogP contribution in [0.5, 0.6) is 0 Å². The molecule has 17 heavy (non-hydrogen) atoms. The van der Waals surface area contributed by atoms with Crippen molar-refractivity contribution in [3.63, 3.8) is 0 Å². The van der Waals surface area contributed by atoms with E-state index in [0.717, 1.165) is 18.9 Å². The van der Waals surface area contributed by atoms with Crippen molar-refractivity contribution in [3.8, 4) is 0 Å². The molecule has 0 saturated heterocycles. The molecule has 0 amide bonds. The van der Waals surface area contributed by atoms with Gasteiger partial charge in [0.2, 0.25) is 0 Å². The van der Waals surface area contributed by atoms with Crippen LogP contribution >= 0.6 is 11.3 Å². The van der Waals surface area contributed by atoms with Crippen molar-refractivity contribution in [2.45, 2.75) is 58.4 Å². The fourth-order valence-electron chi connectivity index (χ4n) is 2.82. The SMILES string of the molecule is CCCNC(Cc1csc(C)n1)C1CCCC1. The van der Waals surface area contributed by atoms with Gasteiger partial charge in [-0.25, -0.2) is 4.98 Å². The molecule has 1 atom stereocenters. The van der Waals surface area contributed by atoms with Gasteiger partial charge in [-0.3, -0.25) is 0 Å². The molecule has 0 radical (unpaired) electrons. The predicted octanol–water partition coefficient (Wildman–Crippen LogP) is 3.55. The van der Waals surface area contributed by atoms with E-state index in [2.05, 4.69) is 29.5 Å². The summed E-state index contributed by atoms with van der Waals surface area (Å²) in [6.45, 7) is 5.48. The Morgan fingerprint density at radius 3 is 2.82 bits per heavy atom. The van der Waals surface area contributed by atoms with Crippen LogP contribution < -0.4 is 5.32 Å². The molecule has 1 aliphatic rings. The molecule has 1 aliphatic carbocycles. The molecule has 1 aromatic heterocycles. The van der Waals surface area contributed by atoms with E-state index in [9.17, 15) is 0 Å². The van der Waals surface area contributed by atoms with Gasteiger partial charge >= 0.3 is 0 Å². The van der Waals surface area contributed by atoms with E-state index in [1.165, 1.54) is 42.8 Å². The van der Waals surface area contributed by atoms with Crippen LogP contribution in [0.4, 0.5) is 0 Å². The third kappa shape index (κ3) is 3.78. The average Bonchev–Trinajstić information content (AvgIpc) is 2.95. The Balaban J connectivity index is 1.94. The zero-order valence-corrected chi connectivity index (χ0v) is 11.9. The zero-order valence-electron chi connectivity index (χ0n) is 11.0. The second-order valence-electron chi connectivity index (χ2n) is 5.17. The molecule has 96 valence electrons. The van der Waals surface area contributed by atoms with Gasteiger partial charge in [-0.15, -0.1) is 11.3 Å². The number of rotatable bonds is 6. The molecule has 1 unspecified atom stereocenters. The van der Waals surface area contributed by atoms with Crippen LogP contribution in [0.25, 0.3) is 0 Å². The first-order chi connectivity index (χ1) is 8.29. The maximum atomic E-state index is 4.61. The summed E-state index contributed by atoms with van der Waals surface area (Å²) >= 11 is 1.77. The van der Waals surface area contributed by atoms with Gasteiger partial charge in [-0.05, 0) is 38.6 Å². The molecular weight excluding hydrogens is 228 g/mol. The summed E-state index contributed by atoms with van der Waals surface area (Å²) in [5.41, 5.74) is 1.29. The monoisotopic (exact) mass is 252 g/mol. The first kappa shape index (κ1) is 13.0. The lowest BCUT2D eigenvalue weighted by Gasteiger charge is -2.24. The molecule has 1 fully saturated rings. The van der Waals surface area contributed by atoms with Gasteiger partial charge < -0.3 is 5.32 Å². The number of aryl methyl sites for hydroxylation is 1. The third-order valence-corrected chi connectivity index (χ3v) is 4.54. The number of thiazole rings is 1. The van der Waals surface area contributed by atoms with Crippen molar-refractivity contribution < 1.29 is 0 Å². The summed E-state index contributed by atoms with van der Waals surface area (Å²) in [7, 11) is 0. The minimum Gasteiger partial charge on any atom is -0.313 e. The summed E-state index contributed by atoms with van der Waals surface area (Å²) in [6, 6.07) is 0.652. The normalized spacial score (nSPS) is 18.7. The molecule has 1 aromatic rings. The third-order valence-electron chi connectivity index (χ3n) is 3.72. The fourth-order valence-corrected chi connectivity index (χ4v) is 3.45. The van der Waals surface area contributed by atoms with Crippen molar-refractivity contribution >= 4 is 11.3 Å². The lowest BCUT2D eigenvalue weighted by atomic mass is 9.94. The maximum absolute atomic E-state index is 4.61. The average molecular weight is 252 g/mol. The molecule has 1 saturated carbocycles. The molecule has 2 rings (SSSR count). The molecule has 2 nitrogen and oxygen atoms in total. The molecule has 0 spiro atoms. The summed E-state index contributed by atoms with van der Waals surface area (Å²) in [5, 5.41) is 7.16. The minimum atomic E-state index is 0.652. The van der Waals surface area contributed by atoms with Crippen molar-refractivity contribution in [1.82, 2.24) is 10.3 Å². The van der Waals surface area contributed by atoms with Gasteiger partial charge in [0.15, 0.2) is 0 Å². The minimum absolute atomic E-state index is 0.652. The van der Waals surface area contributed by atoms with Crippen molar-refractivity contribution in [2.24, 2.45) is 5.92 Å². The number of hydrogen-bond acceptors (Lipinski definition) is 3. The van der Waals surface area contributed by atoms with Crippen LogP contribution in [0.3, 0.4) is 0 Å². The molecule has 0 bridgehead atoms. The van der Waals surface area contributed by atoms with E-state index in [1.54, 1.807) is 11.3 Å². The van der Waals surface area contributed by atoms with E-state index < -0.39 is 0 Å². The molecule has 3 heteroatoms. The Kier molecular flexibility index (Phi) is 4.99. The van der Waals surface area contributed by atoms with Gasteiger partial charge in [0, 0.05) is 17.8 Å². The first-order valence-corrected chi connectivity index (χ1v) is 7.82. The van der Waals surface area contributed by atoms with Crippen molar-refractivity contribution in [3.05, 3.63) is 16.1 Å². The molecule has 1 heterocycles. The van der Waals surface area contributed by atoms with Gasteiger partial charge in [0.25, 0.3) is 0 Å². The first-order valence-electron chi connectivity index (χ1n) is 6.94. The Bertz CT molecular complexity index is 329. The fraction of sp³-hybridized carbons (Fsp3) is 0.786. The quantitative estimate of drug-likeness (QED) is 0.837. The highest BCUT2D eigenvalue weighted by Gasteiger charge is 2.25. The summed E-state index contributed by atoms with van der Waals surface area (Å²) in [5.74, 6) is 0.878. The molecule has 0 aromatic carbocycles. The van der Waals surface area contributed by atoms with Crippen LogP contribution in [-0.4, -0.2) is 17.6 Å². The maximum Gasteiger partial charge on any atom is 0.0897 e.